The second-order valence-corrected chi connectivity index (χ2v) is 16.4. The Morgan fingerprint density at radius 2 is 1.52 bits per heavy atom. The van der Waals surface area contributed by atoms with Crippen molar-refractivity contribution in [3.63, 3.8) is 0 Å². The maximum atomic E-state index is 12.3. The molecule has 1 saturated carbocycles. The number of hydrogen-bond acceptors (Lipinski definition) is 2. The average Bonchev–Trinajstić information content (AvgIpc) is 3.49. The molecule has 1 heterocycles. The summed E-state index contributed by atoms with van der Waals surface area (Å²) in [7, 11) is -2.68. The molecule has 2 aromatic rings. The van der Waals surface area contributed by atoms with Crippen LogP contribution in [0.15, 0.2) is 60.7 Å². The Morgan fingerprint density at radius 1 is 1.00 bits per heavy atom. The largest absolute Gasteiger partial charge is 0.465 e. The standard InChI is InChI=1S/C28H39NO3Si/c1-26(2,3)28-18-21(28)17-22(29(20-28)25(30)31)19-32-33(27(4,5)6,23-13-9-7-10-14-23)24-15-11-8-12-16-24/h7-16,21-22H,17-20H2,1-6H3,(H,30,31)/t21-,22-,28+/m0/s1. The SMILES string of the molecule is CC(C)(C)[C@@]12C[C@@H]1C[C@@H](CO[Si](c1ccccc1)(c1ccccc1)C(C)(C)C)N(C(=O)O)C2. The summed E-state index contributed by atoms with van der Waals surface area (Å²) in [6.45, 7) is 14.6. The van der Waals surface area contributed by atoms with Gasteiger partial charge in [0.25, 0.3) is 8.32 Å². The van der Waals surface area contributed by atoms with Crippen molar-refractivity contribution in [3.05, 3.63) is 60.7 Å². The number of benzene rings is 2. The summed E-state index contributed by atoms with van der Waals surface area (Å²) in [4.78, 5) is 14.0. The van der Waals surface area contributed by atoms with E-state index in [2.05, 4.69) is 90.1 Å². The maximum Gasteiger partial charge on any atom is 0.407 e. The van der Waals surface area contributed by atoms with E-state index in [-0.39, 0.29) is 21.9 Å². The fraction of sp³-hybridized carbons (Fsp3) is 0.536. The molecule has 0 spiro atoms. The van der Waals surface area contributed by atoms with E-state index >= 15 is 0 Å². The number of piperidine rings is 1. The lowest BCUT2D eigenvalue weighted by Gasteiger charge is -2.47. The number of hydrogen-bond donors (Lipinski definition) is 1. The molecule has 1 aliphatic carbocycles. The van der Waals surface area contributed by atoms with Gasteiger partial charge in [-0.1, -0.05) is 102 Å². The molecule has 3 atom stereocenters. The Bertz CT molecular complexity index is 940. The van der Waals surface area contributed by atoms with Crippen LogP contribution in [-0.4, -0.2) is 43.6 Å². The van der Waals surface area contributed by atoms with Crippen molar-refractivity contribution in [3.8, 4) is 0 Å². The normalized spacial score (nSPS) is 25.5. The monoisotopic (exact) mass is 465 g/mol. The van der Waals surface area contributed by atoms with E-state index < -0.39 is 14.4 Å². The first-order valence-corrected chi connectivity index (χ1v) is 14.1. The van der Waals surface area contributed by atoms with E-state index in [1.807, 2.05) is 12.1 Å². The summed E-state index contributed by atoms with van der Waals surface area (Å²) in [6.07, 6.45) is 1.19. The molecule has 2 aliphatic rings. The quantitative estimate of drug-likeness (QED) is 0.604. The number of rotatable bonds is 5. The molecule has 1 saturated heterocycles. The highest BCUT2D eigenvalue weighted by Crippen LogP contribution is 2.67. The number of carbonyl (C=O) groups is 1. The van der Waals surface area contributed by atoms with Gasteiger partial charge in [0.1, 0.15) is 0 Å². The second kappa shape index (κ2) is 8.28. The van der Waals surface area contributed by atoms with Crippen LogP contribution in [-0.2, 0) is 4.43 Å². The Balaban J connectivity index is 1.69. The van der Waals surface area contributed by atoms with Crippen LogP contribution in [0.1, 0.15) is 54.4 Å². The Kier molecular flexibility index (Phi) is 6.03. The van der Waals surface area contributed by atoms with E-state index in [1.54, 1.807) is 4.90 Å². The molecule has 0 unspecified atom stereocenters. The minimum absolute atomic E-state index is 0.105. The van der Waals surface area contributed by atoms with Crippen LogP contribution in [0.5, 0.6) is 0 Å². The molecule has 178 valence electrons. The summed E-state index contributed by atoms with van der Waals surface area (Å²) < 4.78 is 7.11. The van der Waals surface area contributed by atoms with Crippen molar-refractivity contribution in [1.29, 1.82) is 0 Å². The Labute approximate surface area is 200 Å². The average molecular weight is 466 g/mol. The number of fused-ring (bicyclic) bond motifs is 1. The van der Waals surface area contributed by atoms with Gasteiger partial charge in [-0.05, 0) is 45.0 Å². The van der Waals surface area contributed by atoms with Crippen LogP contribution < -0.4 is 10.4 Å². The van der Waals surface area contributed by atoms with Crippen molar-refractivity contribution >= 4 is 24.8 Å². The van der Waals surface area contributed by atoms with E-state index in [0.29, 0.717) is 19.1 Å². The van der Waals surface area contributed by atoms with Gasteiger partial charge in [0.15, 0.2) is 0 Å². The predicted molar refractivity (Wildman–Crippen MR) is 137 cm³/mol. The topological polar surface area (TPSA) is 49.8 Å². The first-order chi connectivity index (χ1) is 15.4. The van der Waals surface area contributed by atoms with Crippen LogP contribution in [0.4, 0.5) is 4.79 Å². The van der Waals surface area contributed by atoms with Gasteiger partial charge in [-0.2, -0.15) is 0 Å². The van der Waals surface area contributed by atoms with Gasteiger partial charge in [0, 0.05) is 6.54 Å². The fourth-order valence-corrected chi connectivity index (χ4v) is 10.9. The van der Waals surface area contributed by atoms with Gasteiger partial charge < -0.3 is 14.4 Å². The smallest absolute Gasteiger partial charge is 0.407 e. The molecule has 1 N–H and O–H groups in total. The molecule has 1 aliphatic heterocycles. The first-order valence-electron chi connectivity index (χ1n) is 12.2. The van der Waals surface area contributed by atoms with Crippen LogP contribution in [0.2, 0.25) is 5.04 Å². The molecule has 4 rings (SSSR count). The molecule has 5 heteroatoms. The molecule has 0 aromatic heterocycles. The number of nitrogens with zero attached hydrogens (tertiary/aromatic N) is 1. The minimum atomic E-state index is -2.68. The van der Waals surface area contributed by atoms with E-state index in [9.17, 15) is 9.90 Å². The molecule has 0 bridgehead atoms. The molecule has 1 amide bonds. The van der Waals surface area contributed by atoms with E-state index in [4.69, 9.17) is 4.43 Å². The third-order valence-corrected chi connectivity index (χ3v) is 13.3. The number of carboxylic acid groups (broad SMARTS) is 1. The predicted octanol–water partition coefficient (Wildman–Crippen LogP) is 5.37. The summed E-state index contributed by atoms with van der Waals surface area (Å²) in [5.74, 6) is 0.584. The zero-order valence-corrected chi connectivity index (χ0v) is 22.0. The lowest BCUT2D eigenvalue weighted by Crippen LogP contribution is -2.67. The molecule has 4 nitrogen and oxygen atoms in total. The van der Waals surface area contributed by atoms with Crippen molar-refractivity contribution in [1.82, 2.24) is 4.90 Å². The van der Waals surface area contributed by atoms with Crippen molar-refractivity contribution in [2.45, 2.75) is 65.5 Å². The second-order valence-electron chi connectivity index (χ2n) is 12.1. The summed E-state index contributed by atoms with van der Waals surface area (Å²) in [5, 5.41) is 12.5. The van der Waals surface area contributed by atoms with Gasteiger partial charge in [-0.25, -0.2) is 4.79 Å². The molecule has 2 fully saturated rings. The molecule has 0 radical (unpaired) electrons. The van der Waals surface area contributed by atoms with Gasteiger partial charge >= 0.3 is 6.09 Å². The molecular formula is C28H39NO3Si. The fourth-order valence-electron chi connectivity index (χ4n) is 6.29. The minimum Gasteiger partial charge on any atom is -0.465 e. The van der Waals surface area contributed by atoms with Crippen molar-refractivity contribution in [2.24, 2.45) is 16.7 Å². The Morgan fingerprint density at radius 3 is 1.94 bits per heavy atom. The maximum absolute atomic E-state index is 12.3. The third kappa shape index (κ3) is 4.04. The summed E-state index contributed by atoms with van der Waals surface area (Å²) >= 11 is 0. The van der Waals surface area contributed by atoms with Gasteiger partial charge in [0.05, 0.1) is 12.6 Å². The third-order valence-electron chi connectivity index (χ3n) is 8.33. The van der Waals surface area contributed by atoms with Crippen molar-refractivity contribution in [2.75, 3.05) is 13.2 Å². The summed E-state index contributed by atoms with van der Waals surface area (Å²) in [5.41, 5.74) is 0.217. The van der Waals surface area contributed by atoms with Crippen molar-refractivity contribution < 1.29 is 14.3 Å². The van der Waals surface area contributed by atoms with Crippen LogP contribution in [0, 0.1) is 16.7 Å². The zero-order valence-electron chi connectivity index (χ0n) is 21.0. The van der Waals surface area contributed by atoms with Gasteiger partial charge in [-0.3, -0.25) is 0 Å². The molecular weight excluding hydrogens is 426 g/mol. The molecule has 33 heavy (non-hydrogen) atoms. The highest BCUT2D eigenvalue weighted by molar-refractivity contribution is 6.99. The van der Waals surface area contributed by atoms with E-state index in [1.165, 1.54) is 10.4 Å². The number of amides is 1. The summed E-state index contributed by atoms with van der Waals surface area (Å²) in [6, 6.07) is 21.1. The van der Waals surface area contributed by atoms with Gasteiger partial charge in [-0.15, -0.1) is 0 Å². The van der Waals surface area contributed by atoms with Gasteiger partial charge in [0.2, 0.25) is 0 Å². The van der Waals surface area contributed by atoms with E-state index in [0.717, 1.165) is 12.8 Å². The Hall–Kier alpha value is -2.11. The van der Waals surface area contributed by atoms with Crippen LogP contribution in [0.3, 0.4) is 0 Å². The lowest BCUT2D eigenvalue weighted by atomic mass is 9.73. The molecule has 2 aromatic carbocycles. The highest BCUT2D eigenvalue weighted by atomic mass is 28.4. The zero-order chi connectivity index (χ0) is 24.1. The highest BCUT2D eigenvalue weighted by Gasteiger charge is 2.65. The lowest BCUT2D eigenvalue weighted by molar-refractivity contribution is 0.0260. The van der Waals surface area contributed by atoms with Crippen LogP contribution in [0.25, 0.3) is 0 Å². The first kappa shape index (κ1) is 24.0. The van der Waals surface area contributed by atoms with Crippen LogP contribution >= 0.6 is 0 Å². The number of likely N-dealkylation sites (tertiary alicyclic amines) is 1.